The van der Waals surface area contributed by atoms with Gasteiger partial charge in [0.25, 0.3) is 0 Å². The molecular formula is C11H14N2. The van der Waals surface area contributed by atoms with Crippen molar-refractivity contribution in [2.24, 2.45) is 0 Å². The van der Waals surface area contributed by atoms with Crippen molar-refractivity contribution < 1.29 is 0 Å². The molecule has 68 valence electrons. The average molecular weight is 174 g/mol. The van der Waals surface area contributed by atoms with Crippen molar-refractivity contribution in [2.75, 3.05) is 7.05 Å². The number of nitriles is 1. The molecular weight excluding hydrogens is 160 g/mol. The lowest BCUT2D eigenvalue weighted by Crippen LogP contribution is -2.33. The maximum Gasteiger partial charge on any atom is 0.0991 e. The highest BCUT2D eigenvalue weighted by molar-refractivity contribution is 5.35. The van der Waals surface area contributed by atoms with E-state index in [0.29, 0.717) is 5.56 Å². The van der Waals surface area contributed by atoms with Crippen LogP contribution in [0, 0.1) is 11.3 Å². The Labute approximate surface area is 79.2 Å². The number of rotatable bonds is 2. The molecule has 1 N–H and O–H groups in total. The fraction of sp³-hybridized carbons (Fsp3) is 0.364. The van der Waals surface area contributed by atoms with Crippen molar-refractivity contribution in [1.29, 1.82) is 5.26 Å². The normalized spacial score (nSPS) is 10.9. The molecule has 0 saturated carbocycles. The summed E-state index contributed by atoms with van der Waals surface area (Å²) < 4.78 is 0. The van der Waals surface area contributed by atoms with Gasteiger partial charge in [-0.25, -0.2) is 0 Å². The molecule has 0 amide bonds. The summed E-state index contributed by atoms with van der Waals surface area (Å²) in [4.78, 5) is 0. The van der Waals surface area contributed by atoms with Gasteiger partial charge in [0.05, 0.1) is 11.6 Å². The largest absolute Gasteiger partial charge is 0.311 e. The first kappa shape index (κ1) is 9.76. The Morgan fingerprint density at radius 3 is 2.62 bits per heavy atom. The summed E-state index contributed by atoms with van der Waals surface area (Å²) in [6.07, 6.45) is 0. The van der Waals surface area contributed by atoms with Crippen molar-refractivity contribution in [3.63, 3.8) is 0 Å². The van der Waals surface area contributed by atoms with Crippen LogP contribution in [0.2, 0.25) is 0 Å². The Morgan fingerprint density at radius 2 is 2.08 bits per heavy atom. The van der Waals surface area contributed by atoms with Crippen LogP contribution in [0.3, 0.4) is 0 Å². The van der Waals surface area contributed by atoms with E-state index in [9.17, 15) is 0 Å². The molecule has 0 aliphatic rings. The van der Waals surface area contributed by atoms with Gasteiger partial charge >= 0.3 is 0 Å². The zero-order chi connectivity index (χ0) is 9.90. The molecule has 0 radical (unpaired) electrons. The predicted octanol–water partition coefficient (Wildman–Crippen LogP) is 2.01. The van der Waals surface area contributed by atoms with Crippen LogP contribution in [0.4, 0.5) is 0 Å². The highest BCUT2D eigenvalue weighted by Gasteiger charge is 2.17. The van der Waals surface area contributed by atoms with Crippen molar-refractivity contribution in [3.05, 3.63) is 35.4 Å². The lowest BCUT2D eigenvalue weighted by molar-refractivity contribution is 0.444. The maximum atomic E-state index is 8.73. The SMILES string of the molecule is CNC(C)(C)c1cccc(C#N)c1. The second-order valence-corrected chi connectivity index (χ2v) is 3.57. The molecule has 0 atom stereocenters. The van der Waals surface area contributed by atoms with E-state index in [2.05, 4.69) is 25.2 Å². The summed E-state index contributed by atoms with van der Waals surface area (Å²) in [5.41, 5.74) is 1.77. The zero-order valence-corrected chi connectivity index (χ0v) is 8.26. The van der Waals surface area contributed by atoms with E-state index in [-0.39, 0.29) is 5.54 Å². The molecule has 13 heavy (non-hydrogen) atoms. The molecule has 0 aliphatic carbocycles. The van der Waals surface area contributed by atoms with Crippen LogP contribution in [0.1, 0.15) is 25.0 Å². The van der Waals surface area contributed by atoms with Gasteiger partial charge in [-0.1, -0.05) is 12.1 Å². The van der Waals surface area contributed by atoms with E-state index < -0.39 is 0 Å². The Balaban J connectivity index is 3.10. The number of hydrogen-bond donors (Lipinski definition) is 1. The summed E-state index contributed by atoms with van der Waals surface area (Å²) >= 11 is 0. The highest BCUT2D eigenvalue weighted by atomic mass is 14.9. The molecule has 0 saturated heterocycles. The fourth-order valence-electron chi connectivity index (χ4n) is 1.12. The molecule has 1 aromatic carbocycles. The second kappa shape index (κ2) is 3.59. The fourth-order valence-corrected chi connectivity index (χ4v) is 1.12. The first-order valence-electron chi connectivity index (χ1n) is 4.29. The molecule has 0 fully saturated rings. The molecule has 2 heteroatoms. The minimum absolute atomic E-state index is 0.0765. The second-order valence-electron chi connectivity index (χ2n) is 3.57. The lowest BCUT2D eigenvalue weighted by atomic mass is 9.93. The van der Waals surface area contributed by atoms with Gasteiger partial charge in [-0.2, -0.15) is 5.26 Å². The van der Waals surface area contributed by atoms with Crippen LogP contribution in [0.15, 0.2) is 24.3 Å². The van der Waals surface area contributed by atoms with E-state index in [0.717, 1.165) is 5.56 Å². The van der Waals surface area contributed by atoms with Gasteiger partial charge < -0.3 is 5.32 Å². The topological polar surface area (TPSA) is 35.8 Å². The van der Waals surface area contributed by atoms with Crippen LogP contribution < -0.4 is 5.32 Å². The lowest BCUT2D eigenvalue weighted by Gasteiger charge is -2.24. The summed E-state index contributed by atoms with van der Waals surface area (Å²) in [5.74, 6) is 0. The van der Waals surface area contributed by atoms with Gasteiger partial charge in [0.2, 0.25) is 0 Å². The zero-order valence-electron chi connectivity index (χ0n) is 8.26. The molecule has 0 aliphatic heterocycles. The molecule has 0 aromatic heterocycles. The van der Waals surface area contributed by atoms with Crippen LogP contribution >= 0.6 is 0 Å². The Kier molecular flexibility index (Phi) is 2.69. The Morgan fingerprint density at radius 1 is 1.38 bits per heavy atom. The molecule has 0 spiro atoms. The van der Waals surface area contributed by atoms with E-state index in [1.165, 1.54) is 0 Å². The molecule has 2 nitrogen and oxygen atoms in total. The van der Waals surface area contributed by atoms with Gasteiger partial charge in [0.15, 0.2) is 0 Å². The Hall–Kier alpha value is -1.33. The van der Waals surface area contributed by atoms with Crippen LogP contribution in [0.25, 0.3) is 0 Å². The number of nitrogens with one attached hydrogen (secondary N) is 1. The average Bonchev–Trinajstić information content (AvgIpc) is 2.18. The summed E-state index contributed by atoms with van der Waals surface area (Å²) in [7, 11) is 1.92. The third-order valence-electron chi connectivity index (χ3n) is 2.34. The maximum absolute atomic E-state index is 8.73. The van der Waals surface area contributed by atoms with Crippen LogP contribution in [0.5, 0.6) is 0 Å². The van der Waals surface area contributed by atoms with E-state index in [1.807, 2.05) is 31.3 Å². The molecule has 1 rings (SSSR count). The minimum Gasteiger partial charge on any atom is -0.311 e. The molecule has 1 aromatic rings. The summed E-state index contributed by atoms with van der Waals surface area (Å²) in [6, 6.07) is 9.80. The molecule has 0 unspecified atom stereocenters. The quantitative estimate of drug-likeness (QED) is 0.744. The van der Waals surface area contributed by atoms with Gasteiger partial charge in [0, 0.05) is 5.54 Å². The van der Waals surface area contributed by atoms with E-state index >= 15 is 0 Å². The number of nitrogens with zero attached hydrogens (tertiary/aromatic N) is 1. The number of benzene rings is 1. The van der Waals surface area contributed by atoms with Crippen molar-refractivity contribution in [2.45, 2.75) is 19.4 Å². The first-order valence-corrected chi connectivity index (χ1v) is 4.29. The molecule has 0 heterocycles. The van der Waals surface area contributed by atoms with Crippen molar-refractivity contribution in [3.8, 4) is 6.07 Å². The van der Waals surface area contributed by atoms with Crippen molar-refractivity contribution >= 4 is 0 Å². The summed E-state index contributed by atoms with van der Waals surface area (Å²) in [5, 5.41) is 11.9. The van der Waals surface area contributed by atoms with Crippen LogP contribution in [-0.2, 0) is 5.54 Å². The smallest absolute Gasteiger partial charge is 0.0991 e. The number of hydrogen-bond acceptors (Lipinski definition) is 2. The first-order chi connectivity index (χ1) is 6.10. The van der Waals surface area contributed by atoms with Gasteiger partial charge in [0.1, 0.15) is 0 Å². The highest BCUT2D eigenvalue weighted by Crippen LogP contribution is 2.19. The van der Waals surface area contributed by atoms with Crippen LogP contribution in [-0.4, -0.2) is 7.05 Å². The standard InChI is InChI=1S/C11H14N2/c1-11(2,13-3)10-6-4-5-9(7-10)8-12/h4-7,13H,1-3H3. The van der Waals surface area contributed by atoms with Crippen molar-refractivity contribution in [1.82, 2.24) is 5.32 Å². The van der Waals surface area contributed by atoms with E-state index in [1.54, 1.807) is 0 Å². The van der Waals surface area contributed by atoms with Gasteiger partial charge in [-0.15, -0.1) is 0 Å². The summed E-state index contributed by atoms with van der Waals surface area (Å²) in [6.45, 7) is 4.17. The third kappa shape index (κ3) is 2.07. The minimum atomic E-state index is -0.0765. The van der Waals surface area contributed by atoms with E-state index in [4.69, 9.17) is 5.26 Å². The molecule has 0 bridgehead atoms. The Bertz CT molecular complexity index is 334. The third-order valence-corrected chi connectivity index (χ3v) is 2.34. The van der Waals surface area contributed by atoms with Gasteiger partial charge in [-0.3, -0.25) is 0 Å². The van der Waals surface area contributed by atoms with Gasteiger partial charge in [-0.05, 0) is 38.6 Å². The predicted molar refractivity (Wildman–Crippen MR) is 53.2 cm³/mol. The monoisotopic (exact) mass is 174 g/mol.